The summed E-state index contributed by atoms with van der Waals surface area (Å²) in [6.45, 7) is 6.01. The monoisotopic (exact) mass is 210 g/mol. The van der Waals surface area contributed by atoms with Crippen molar-refractivity contribution in [3.63, 3.8) is 0 Å². The van der Waals surface area contributed by atoms with Crippen molar-refractivity contribution in [3.05, 3.63) is 35.6 Å². The average molecular weight is 210 g/mol. The Morgan fingerprint density at radius 1 is 1.27 bits per heavy atom. The second-order valence-electron chi connectivity index (χ2n) is 3.70. The number of nitrogens with zero attached hydrogens (tertiary/aromatic N) is 1. The van der Waals surface area contributed by atoms with Gasteiger partial charge >= 0.3 is 0 Å². The topological polar surface area (TPSA) is 15.3 Å². The van der Waals surface area contributed by atoms with Gasteiger partial charge in [-0.2, -0.15) is 0 Å². The second kappa shape index (κ2) is 6.53. The van der Waals surface area contributed by atoms with Gasteiger partial charge in [0.05, 0.1) is 0 Å². The Bertz CT molecular complexity index is 271. The van der Waals surface area contributed by atoms with Crippen LogP contribution in [0, 0.1) is 5.82 Å². The van der Waals surface area contributed by atoms with Gasteiger partial charge in [0.1, 0.15) is 5.82 Å². The van der Waals surface area contributed by atoms with Crippen molar-refractivity contribution in [2.45, 2.75) is 13.5 Å². The van der Waals surface area contributed by atoms with Gasteiger partial charge in [-0.3, -0.25) is 0 Å². The van der Waals surface area contributed by atoms with E-state index in [-0.39, 0.29) is 5.82 Å². The molecule has 0 saturated carbocycles. The summed E-state index contributed by atoms with van der Waals surface area (Å²) in [5.41, 5.74) is 1.12. The Hall–Kier alpha value is -0.930. The highest BCUT2D eigenvalue weighted by molar-refractivity contribution is 5.15. The fraction of sp³-hybridized carbons (Fsp3) is 0.500. The molecule has 0 unspecified atom stereocenters. The van der Waals surface area contributed by atoms with Gasteiger partial charge in [0.15, 0.2) is 0 Å². The Labute approximate surface area is 91.1 Å². The van der Waals surface area contributed by atoms with Crippen LogP contribution < -0.4 is 5.32 Å². The molecule has 0 bridgehead atoms. The van der Waals surface area contributed by atoms with E-state index in [0.717, 1.165) is 31.7 Å². The second-order valence-corrected chi connectivity index (χ2v) is 3.70. The molecule has 0 aliphatic carbocycles. The molecule has 1 aromatic carbocycles. The fourth-order valence-corrected chi connectivity index (χ4v) is 1.26. The van der Waals surface area contributed by atoms with Crippen molar-refractivity contribution in [2.24, 2.45) is 0 Å². The molecule has 0 aliphatic heterocycles. The molecule has 2 nitrogen and oxygen atoms in total. The molecule has 0 atom stereocenters. The lowest BCUT2D eigenvalue weighted by atomic mass is 10.2. The molecule has 15 heavy (non-hydrogen) atoms. The maximum absolute atomic E-state index is 12.6. The van der Waals surface area contributed by atoms with Crippen LogP contribution in [0.3, 0.4) is 0 Å². The minimum atomic E-state index is -0.176. The molecule has 3 heteroatoms. The van der Waals surface area contributed by atoms with Crippen LogP contribution in [0.1, 0.15) is 12.5 Å². The van der Waals surface area contributed by atoms with E-state index in [1.807, 2.05) is 12.1 Å². The quantitative estimate of drug-likeness (QED) is 0.721. The Morgan fingerprint density at radius 2 is 1.93 bits per heavy atom. The van der Waals surface area contributed by atoms with E-state index in [1.54, 1.807) is 0 Å². The van der Waals surface area contributed by atoms with Gasteiger partial charge in [-0.1, -0.05) is 19.1 Å². The van der Waals surface area contributed by atoms with Crippen molar-refractivity contribution in [1.82, 2.24) is 10.2 Å². The van der Waals surface area contributed by atoms with Crippen LogP contribution in [0.4, 0.5) is 4.39 Å². The highest BCUT2D eigenvalue weighted by Gasteiger charge is 1.95. The van der Waals surface area contributed by atoms with E-state index in [0.29, 0.717) is 0 Å². The first-order chi connectivity index (χ1) is 7.22. The molecular formula is C12H19FN2. The zero-order chi connectivity index (χ0) is 11.1. The van der Waals surface area contributed by atoms with E-state index < -0.39 is 0 Å². The average Bonchev–Trinajstić information content (AvgIpc) is 2.26. The number of rotatable bonds is 6. The number of hydrogen-bond donors (Lipinski definition) is 1. The Balaban J connectivity index is 2.17. The molecule has 0 fully saturated rings. The predicted molar refractivity (Wildman–Crippen MR) is 61.3 cm³/mol. The third-order valence-corrected chi connectivity index (χ3v) is 2.45. The summed E-state index contributed by atoms with van der Waals surface area (Å²) in [6.07, 6.45) is 0. The molecule has 84 valence electrons. The summed E-state index contributed by atoms with van der Waals surface area (Å²) in [5.74, 6) is -0.176. The van der Waals surface area contributed by atoms with E-state index in [1.165, 1.54) is 12.1 Å². The smallest absolute Gasteiger partial charge is 0.123 e. The van der Waals surface area contributed by atoms with Crippen molar-refractivity contribution in [2.75, 3.05) is 26.7 Å². The third-order valence-electron chi connectivity index (χ3n) is 2.45. The van der Waals surface area contributed by atoms with Crippen LogP contribution >= 0.6 is 0 Å². The van der Waals surface area contributed by atoms with Gasteiger partial charge < -0.3 is 10.2 Å². The Kier molecular flexibility index (Phi) is 5.29. The van der Waals surface area contributed by atoms with Crippen LogP contribution in [0.15, 0.2) is 24.3 Å². The Morgan fingerprint density at radius 3 is 2.53 bits per heavy atom. The predicted octanol–water partition coefficient (Wildman–Crippen LogP) is 1.87. The first-order valence-electron chi connectivity index (χ1n) is 5.36. The lowest BCUT2D eigenvalue weighted by Gasteiger charge is -2.13. The summed E-state index contributed by atoms with van der Waals surface area (Å²) in [6, 6.07) is 6.61. The fourth-order valence-electron chi connectivity index (χ4n) is 1.26. The van der Waals surface area contributed by atoms with Gasteiger partial charge in [-0.05, 0) is 31.3 Å². The van der Waals surface area contributed by atoms with Crippen LogP contribution in [0.25, 0.3) is 0 Å². The number of benzene rings is 1. The summed E-state index contributed by atoms with van der Waals surface area (Å²) < 4.78 is 12.6. The lowest BCUT2D eigenvalue weighted by Crippen LogP contribution is -2.28. The van der Waals surface area contributed by atoms with E-state index in [2.05, 4.69) is 24.2 Å². The molecule has 0 radical (unpaired) electrons. The van der Waals surface area contributed by atoms with E-state index in [9.17, 15) is 4.39 Å². The molecule has 0 heterocycles. The van der Waals surface area contributed by atoms with E-state index >= 15 is 0 Å². The van der Waals surface area contributed by atoms with Gasteiger partial charge in [-0.15, -0.1) is 0 Å². The molecule has 1 N–H and O–H groups in total. The molecule has 0 amide bonds. The van der Waals surface area contributed by atoms with Crippen molar-refractivity contribution >= 4 is 0 Å². The van der Waals surface area contributed by atoms with Gasteiger partial charge in [0, 0.05) is 19.6 Å². The number of nitrogens with one attached hydrogen (secondary N) is 1. The minimum absolute atomic E-state index is 0.176. The minimum Gasteiger partial charge on any atom is -0.311 e. The number of likely N-dealkylation sites (N-methyl/N-ethyl adjacent to an activating group) is 1. The molecule has 0 spiro atoms. The normalized spacial score (nSPS) is 10.9. The van der Waals surface area contributed by atoms with Gasteiger partial charge in [0.25, 0.3) is 0 Å². The highest BCUT2D eigenvalue weighted by Crippen LogP contribution is 2.01. The van der Waals surface area contributed by atoms with Crippen molar-refractivity contribution in [1.29, 1.82) is 0 Å². The number of halogens is 1. The summed E-state index contributed by atoms with van der Waals surface area (Å²) >= 11 is 0. The van der Waals surface area contributed by atoms with Crippen molar-refractivity contribution < 1.29 is 4.39 Å². The number of hydrogen-bond acceptors (Lipinski definition) is 2. The first-order valence-corrected chi connectivity index (χ1v) is 5.36. The summed E-state index contributed by atoms with van der Waals surface area (Å²) in [5, 5.41) is 3.32. The molecule has 0 aromatic heterocycles. The molecule has 0 aliphatic rings. The van der Waals surface area contributed by atoms with Crippen LogP contribution in [0.2, 0.25) is 0 Å². The van der Waals surface area contributed by atoms with Crippen LogP contribution in [-0.2, 0) is 6.54 Å². The van der Waals surface area contributed by atoms with E-state index in [4.69, 9.17) is 0 Å². The SMILES string of the molecule is CCN(C)CCNCc1ccc(F)cc1. The van der Waals surface area contributed by atoms with Crippen molar-refractivity contribution in [3.8, 4) is 0 Å². The lowest BCUT2D eigenvalue weighted by molar-refractivity contribution is 0.349. The first kappa shape index (κ1) is 12.1. The zero-order valence-electron chi connectivity index (χ0n) is 9.46. The van der Waals surface area contributed by atoms with Crippen LogP contribution in [0.5, 0.6) is 0 Å². The zero-order valence-corrected chi connectivity index (χ0v) is 9.46. The van der Waals surface area contributed by atoms with Gasteiger partial charge in [-0.25, -0.2) is 4.39 Å². The highest BCUT2D eigenvalue weighted by atomic mass is 19.1. The molecule has 1 rings (SSSR count). The molecule has 1 aromatic rings. The summed E-state index contributed by atoms with van der Waals surface area (Å²) in [4.78, 5) is 2.25. The maximum Gasteiger partial charge on any atom is 0.123 e. The van der Waals surface area contributed by atoms with Crippen LogP contribution in [-0.4, -0.2) is 31.6 Å². The maximum atomic E-state index is 12.6. The molecular weight excluding hydrogens is 191 g/mol. The largest absolute Gasteiger partial charge is 0.311 e. The summed E-state index contributed by atoms with van der Waals surface area (Å²) in [7, 11) is 2.10. The standard InChI is InChI=1S/C12H19FN2/c1-3-15(2)9-8-14-10-11-4-6-12(13)7-5-11/h4-7,14H,3,8-10H2,1-2H3. The van der Waals surface area contributed by atoms with Gasteiger partial charge in [0.2, 0.25) is 0 Å². The third kappa shape index (κ3) is 4.91. The molecule has 0 saturated heterocycles.